The minimum absolute atomic E-state index is 0.317. The first-order valence-corrected chi connectivity index (χ1v) is 7.13. The van der Waals surface area contributed by atoms with Crippen molar-refractivity contribution >= 4 is 23.8 Å². The number of carbonyl (C=O) groups excluding carboxylic acids is 1. The van der Waals surface area contributed by atoms with Crippen LogP contribution >= 0.6 is 0 Å². The second kappa shape index (κ2) is 11.4. The third-order valence-corrected chi connectivity index (χ3v) is 2.92. The number of nitrogens with one attached hydrogen (secondary N) is 1. The molecule has 1 amide bonds. The summed E-state index contributed by atoms with van der Waals surface area (Å²) < 4.78 is 0. The van der Waals surface area contributed by atoms with Crippen LogP contribution in [0.4, 0.5) is 0 Å². The third-order valence-electron chi connectivity index (χ3n) is 2.92. The molecule has 0 spiro atoms. The molecule has 0 unspecified atom stereocenters. The minimum Gasteiger partial charge on any atom is -0.480 e. The van der Waals surface area contributed by atoms with E-state index in [1.165, 1.54) is 0 Å². The molecule has 10 heteroatoms. The molecule has 0 bridgehead atoms. The second-order valence-electron chi connectivity index (χ2n) is 5.08. The lowest BCUT2D eigenvalue weighted by molar-refractivity contribution is -0.142. The fraction of sp³-hybridized carbons (Fsp3) is 0.692. The summed E-state index contributed by atoms with van der Waals surface area (Å²) in [5.74, 6) is -3.94. The topological polar surface area (TPSA) is 170 Å². The first-order chi connectivity index (χ1) is 10.7. The minimum atomic E-state index is -1.21. The number of carboxylic acids is 3. The molecule has 0 aliphatic carbocycles. The van der Waals surface area contributed by atoms with E-state index in [4.69, 9.17) is 21.1 Å². The highest BCUT2D eigenvalue weighted by Crippen LogP contribution is 2.01. The van der Waals surface area contributed by atoms with Crippen LogP contribution in [-0.2, 0) is 19.2 Å². The highest BCUT2D eigenvalue weighted by molar-refractivity contribution is 5.80. The molecule has 0 aromatic rings. The Morgan fingerprint density at radius 2 is 1.48 bits per heavy atom. The van der Waals surface area contributed by atoms with Gasteiger partial charge in [-0.1, -0.05) is 12.8 Å². The highest BCUT2D eigenvalue weighted by atomic mass is 16.4. The summed E-state index contributed by atoms with van der Waals surface area (Å²) in [5, 5.41) is 28.4. The van der Waals surface area contributed by atoms with Crippen LogP contribution < -0.4 is 11.1 Å². The van der Waals surface area contributed by atoms with Crippen LogP contribution in [-0.4, -0.2) is 76.3 Å². The molecule has 0 radical (unpaired) electrons. The van der Waals surface area contributed by atoms with Crippen LogP contribution in [0.5, 0.6) is 0 Å². The first-order valence-electron chi connectivity index (χ1n) is 7.13. The highest BCUT2D eigenvalue weighted by Gasteiger charge is 2.16. The smallest absolute Gasteiger partial charge is 0.320 e. The monoisotopic (exact) mass is 333 g/mol. The summed E-state index contributed by atoms with van der Waals surface area (Å²) in [5.41, 5.74) is 5.34. The molecule has 132 valence electrons. The zero-order valence-electron chi connectivity index (χ0n) is 12.7. The molecule has 0 heterocycles. The van der Waals surface area contributed by atoms with Crippen LogP contribution in [0.3, 0.4) is 0 Å². The van der Waals surface area contributed by atoms with Crippen molar-refractivity contribution in [2.24, 2.45) is 5.73 Å². The van der Waals surface area contributed by atoms with Crippen molar-refractivity contribution in [1.29, 1.82) is 0 Å². The van der Waals surface area contributed by atoms with Crippen molar-refractivity contribution in [3.05, 3.63) is 0 Å². The van der Waals surface area contributed by atoms with Crippen molar-refractivity contribution in [2.75, 3.05) is 26.2 Å². The lowest BCUT2D eigenvalue weighted by Gasteiger charge is -2.17. The van der Waals surface area contributed by atoms with Gasteiger partial charge in [0.1, 0.15) is 6.04 Å². The van der Waals surface area contributed by atoms with E-state index in [9.17, 15) is 19.2 Å². The van der Waals surface area contributed by atoms with E-state index in [1.807, 2.05) is 0 Å². The molecule has 0 aromatic carbocycles. The maximum absolute atomic E-state index is 11.6. The number of carbonyl (C=O) groups is 4. The van der Waals surface area contributed by atoms with Gasteiger partial charge in [-0.15, -0.1) is 0 Å². The Morgan fingerprint density at radius 3 is 1.96 bits per heavy atom. The number of rotatable bonds is 13. The maximum Gasteiger partial charge on any atom is 0.320 e. The largest absolute Gasteiger partial charge is 0.480 e. The van der Waals surface area contributed by atoms with Gasteiger partial charge in [-0.25, -0.2) is 0 Å². The lowest BCUT2D eigenvalue weighted by atomic mass is 10.1. The van der Waals surface area contributed by atoms with Gasteiger partial charge >= 0.3 is 17.9 Å². The standard InChI is InChI=1S/C13H23N3O7/c14-9(13(22)23)4-2-1-3-5-15-10(17)6-16(7-11(18)19)8-12(20)21/h9H,1-8,14H2,(H,15,17)(H,18,19)(H,20,21)(H,22,23)/t9-/m0/s1. The van der Waals surface area contributed by atoms with Gasteiger partial charge in [0.2, 0.25) is 5.91 Å². The van der Waals surface area contributed by atoms with Crippen molar-refractivity contribution in [1.82, 2.24) is 10.2 Å². The Morgan fingerprint density at radius 1 is 0.913 bits per heavy atom. The molecule has 0 fully saturated rings. The number of amides is 1. The summed E-state index contributed by atoms with van der Waals surface area (Å²) in [7, 11) is 0. The molecule has 10 nitrogen and oxygen atoms in total. The number of nitrogens with two attached hydrogens (primary N) is 1. The third kappa shape index (κ3) is 12.1. The van der Waals surface area contributed by atoms with E-state index in [-0.39, 0.29) is 6.54 Å². The molecule has 0 saturated carbocycles. The molecule has 1 atom stereocenters. The van der Waals surface area contributed by atoms with Gasteiger partial charge in [0.05, 0.1) is 19.6 Å². The Hall–Kier alpha value is -2.20. The Labute approximate surface area is 133 Å². The summed E-state index contributed by atoms with van der Waals surface area (Å²) in [6.45, 7) is -1.04. The van der Waals surface area contributed by atoms with E-state index in [2.05, 4.69) is 5.32 Å². The molecule has 0 aliphatic heterocycles. The SMILES string of the molecule is N[C@@H](CCCCCNC(=O)CN(CC(=O)O)CC(=O)O)C(=O)O. The Balaban J connectivity index is 3.88. The molecule has 0 aromatic heterocycles. The molecule has 0 aliphatic rings. The fourth-order valence-corrected chi connectivity index (χ4v) is 1.83. The van der Waals surface area contributed by atoms with Crippen molar-refractivity contribution in [3.8, 4) is 0 Å². The van der Waals surface area contributed by atoms with Crippen LogP contribution in [0.1, 0.15) is 25.7 Å². The number of hydrogen-bond donors (Lipinski definition) is 5. The first kappa shape index (κ1) is 20.8. The number of nitrogens with zero attached hydrogens (tertiary/aromatic N) is 1. The zero-order valence-corrected chi connectivity index (χ0v) is 12.7. The maximum atomic E-state index is 11.6. The number of carboxylic acid groups (broad SMARTS) is 3. The van der Waals surface area contributed by atoms with Crippen molar-refractivity contribution in [3.63, 3.8) is 0 Å². The van der Waals surface area contributed by atoms with Gasteiger partial charge in [0, 0.05) is 6.54 Å². The molecular formula is C13H23N3O7. The van der Waals surface area contributed by atoms with Crippen LogP contribution in [0.15, 0.2) is 0 Å². The predicted octanol–water partition coefficient (Wildman–Crippen LogP) is -1.45. The van der Waals surface area contributed by atoms with Crippen LogP contribution in [0.25, 0.3) is 0 Å². The molecule has 0 saturated heterocycles. The van der Waals surface area contributed by atoms with E-state index in [1.54, 1.807) is 0 Å². The van der Waals surface area contributed by atoms with E-state index < -0.39 is 42.9 Å². The van der Waals surface area contributed by atoms with Gasteiger partial charge in [-0.3, -0.25) is 24.1 Å². The van der Waals surface area contributed by atoms with Crippen LogP contribution in [0, 0.1) is 0 Å². The van der Waals surface area contributed by atoms with Crippen molar-refractivity contribution < 1.29 is 34.5 Å². The van der Waals surface area contributed by atoms with Crippen LogP contribution in [0.2, 0.25) is 0 Å². The van der Waals surface area contributed by atoms with E-state index >= 15 is 0 Å². The van der Waals surface area contributed by atoms with E-state index in [0.29, 0.717) is 32.2 Å². The van der Waals surface area contributed by atoms with Gasteiger partial charge in [0.25, 0.3) is 0 Å². The molecular weight excluding hydrogens is 310 g/mol. The normalized spacial score (nSPS) is 11.9. The molecule has 0 rings (SSSR count). The number of aliphatic carboxylic acids is 3. The summed E-state index contributed by atoms with van der Waals surface area (Å²) in [6, 6.07) is -0.884. The number of hydrogen-bond acceptors (Lipinski definition) is 6. The van der Waals surface area contributed by atoms with Crippen molar-refractivity contribution in [2.45, 2.75) is 31.7 Å². The molecule has 23 heavy (non-hydrogen) atoms. The summed E-state index contributed by atoms with van der Waals surface area (Å²) in [4.78, 5) is 44.3. The van der Waals surface area contributed by atoms with Gasteiger partial charge in [-0.05, 0) is 12.8 Å². The summed E-state index contributed by atoms with van der Waals surface area (Å²) >= 11 is 0. The van der Waals surface area contributed by atoms with Gasteiger partial charge < -0.3 is 26.4 Å². The Bertz CT molecular complexity index is 412. The summed E-state index contributed by atoms with van der Waals surface area (Å²) in [6.07, 6.45) is 2.28. The Kier molecular flexibility index (Phi) is 10.3. The second-order valence-corrected chi connectivity index (χ2v) is 5.08. The van der Waals surface area contributed by atoms with E-state index in [0.717, 1.165) is 4.90 Å². The fourth-order valence-electron chi connectivity index (χ4n) is 1.83. The predicted molar refractivity (Wildman–Crippen MR) is 78.8 cm³/mol. The quantitative estimate of drug-likeness (QED) is 0.253. The molecule has 6 N–H and O–H groups in total. The zero-order chi connectivity index (χ0) is 17.8. The number of unbranched alkanes of at least 4 members (excludes halogenated alkanes) is 2. The van der Waals surface area contributed by atoms with Gasteiger partial charge in [-0.2, -0.15) is 0 Å². The average molecular weight is 333 g/mol. The average Bonchev–Trinajstić information content (AvgIpc) is 2.40. The lowest BCUT2D eigenvalue weighted by Crippen LogP contribution is -2.42. The van der Waals surface area contributed by atoms with Gasteiger partial charge in [0.15, 0.2) is 0 Å².